The van der Waals surface area contributed by atoms with Gasteiger partial charge in [0.1, 0.15) is 6.33 Å². The second kappa shape index (κ2) is 1.12. The SMILES string of the molecule is C1=Nc2cc1ncn2. The van der Waals surface area contributed by atoms with E-state index in [1.165, 1.54) is 6.33 Å². The molecular formula is C5H3N3. The van der Waals surface area contributed by atoms with Crippen molar-refractivity contribution in [3.63, 3.8) is 0 Å². The maximum absolute atomic E-state index is 3.91. The van der Waals surface area contributed by atoms with Crippen molar-refractivity contribution in [1.82, 2.24) is 9.97 Å². The molecule has 2 rings (SSSR count). The van der Waals surface area contributed by atoms with Gasteiger partial charge in [0, 0.05) is 6.07 Å². The third-order valence-electron chi connectivity index (χ3n) is 1.00. The monoisotopic (exact) mass is 105 g/mol. The van der Waals surface area contributed by atoms with Crippen LogP contribution < -0.4 is 0 Å². The van der Waals surface area contributed by atoms with Crippen LogP contribution in [0, 0.1) is 0 Å². The second-order valence-corrected chi connectivity index (χ2v) is 1.56. The van der Waals surface area contributed by atoms with Gasteiger partial charge < -0.3 is 0 Å². The van der Waals surface area contributed by atoms with Crippen molar-refractivity contribution >= 4 is 12.0 Å². The molecule has 3 heteroatoms. The fourth-order valence-corrected chi connectivity index (χ4v) is 0.635. The molecule has 0 N–H and O–H groups in total. The lowest BCUT2D eigenvalue weighted by Crippen LogP contribution is -1.78. The van der Waals surface area contributed by atoms with E-state index in [1.807, 2.05) is 6.07 Å². The van der Waals surface area contributed by atoms with Gasteiger partial charge in [-0.05, 0) is 0 Å². The van der Waals surface area contributed by atoms with E-state index in [0.29, 0.717) is 0 Å². The lowest BCUT2D eigenvalue weighted by Gasteiger charge is -1.80. The summed E-state index contributed by atoms with van der Waals surface area (Å²) in [7, 11) is 0. The van der Waals surface area contributed by atoms with Gasteiger partial charge in [0.05, 0.1) is 11.9 Å². The van der Waals surface area contributed by atoms with Gasteiger partial charge >= 0.3 is 0 Å². The number of aromatic nitrogens is 2. The maximum Gasteiger partial charge on any atom is 0.155 e. The van der Waals surface area contributed by atoms with Gasteiger partial charge in [-0.3, -0.25) is 0 Å². The highest BCUT2D eigenvalue weighted by Gasteiger charge is 1.99. The molecule has 1 aromatic heterocycles. The number of rotatable bonds is 0. The Morgan fingerprint density at radius 3 is 3.00 bits per heavy atom. The summed E-state index contributed by atoms with van der Waals surface area (Å²) >= 11 is 0. The Balaban J connectivity index is 2.82. The van der Waals surface area contributed by atoms with E-state index in [0.717, 1.165) is 11.5 Å². The van der Waals surface area contributed by atoms with Crippen molar-refractivity contribution in [3.8, 4) is 0 Å². The van der Waals surface area contributed by atoms with Gasteiger partial charge in [-0.15, -0.1) is 0 Å². The molecule has 0 unspecified atom stereocenters. The zero-order chi connectivity index (χ0) is 5.40. The first-order valence-corrected chi connectivity index (χ1v) is 2.31. The molecule has 0 atom stereocenters. The largest absolute Gasteiger partial charge is 0.235 e. The van der Waals surface area contributed by atoms with Crippen LogP contribution in [0.3, 0.4) is 0 Å². The molecule has 0 spiro atoms. The minimum atomic E-state index is 0.759. The Labute approximate surface area is 46.1 Å². The summed E-state index contributed by atoms with van der Waals surface area (Å²) in [6.07, 6.45) is 3.21. The summed E-state index contributed by atoms with van der Waals surface area (Å²) in [4.78, 5) is 11.6. The number of fused-ring (bicyclic) bond motifs is 2. The molecule has 0 saturated carbocycles. The van der Waals surface area contributed by atoms with Gasteiger partial charge in [-0.25, -0.2) is 15.0 Å². The molecule has 38 valence electrons. The van der Waals surface area contributed by atoms with Crippen LogP contribution in [-0.4, -0.2) is 16.2 Å². The number of nitrogens with zero attached hydrogens (tertiary/aromatic N) is 3. The third kappa shape index (κ3) is 0.353. The predicted molar refractivity (Wildman–Crippen MR) is 29.3 cm³/mol. The molecule has 0 amide bonds. The van der Waals surface area contributed by atoms with Crippen LogP contribution in [0.25, 0.3) is 0 Å². The van der Waals surface area contributed by atoms with Crippen LogP contribution in [0.15, 0.2) is 17.4 Å². The summed E-state index contributed by atoms with van der Waals surface area (Å²) in [5, 5.41) is 0. The van der Waals surface area contributed by atoms with Crippen molar-refractivity contribution < 1.29 is 0 Å². The lowest BCUT2D eigenvalue weighted by atomic mass is 10.5. The van der Waals surface area contributed by atoms with Crippen LogP contribution in [0.1, 0.15) is 5.69 Å². The van der Waals surface area contributed by atoms with E-state index in [2.05, 4.69) is 15.0 Å². The second-order valence-electron chi connectivity index (χ2n) is 1.56. The minimum absolute atomic E-state index is 0.759. The number of hydrogen-bond acceptors (Lipinski definition) is 3. The van der Waals surface area contributed by atoms with Gasteiger partial charge in [0.2, 0.25) is 0 Å². The highest BCUT2D eigenvalue weighted by molar-refractivity contribution is 5.83. The van der Waals surface area contributed by atoms with E-state index < -0.39 is 0 Å². The molecule has 0 radical (unpaired) electrons. The zero-order valence-electron chi connectivity index (χ0n) is 4.07. The molecule has 1 aromatic rings. The molecule has 1 aliphatic heterocycles. The van der Waals surface area contributed by atoms with Crippen LogP contribution in [0.4, 0.5) is 5.82 Å². The third-order valence-corrected chi connectivity index (χ3v) is 1.00. The Hall–Kier alpha value is -1.25. The van der Waals surface area contributed by atoms with Gasteiger partial charge in [-0.2, -0.15) is 0 Å². The normalized spacial score (nSPS) is 12.5. The average molecular weight is 105 g/mol. The van der Waals surface area contributed by atoms with Crippen molar-refractivity contribution in [1.29, 1.82) is 0 Å². The van der Waals surface area contributed by atoms with E-state index in [4.69, 9.17) is 0 Å². The predicted octanol–water partition coefficient (Wildman–Crippen LogP) is 0.541. The summed E-state index contributed by atoms with van der Waals surface area (Å²) in [6, 6.07) is 1.83. The lowest BCUT2D eigenvalue weighted by molar-refractivity contribution is 1.17. The highest BCUT2D eigenvalue weighted by Crippen LogP contribution is 2.11. The Bertz CT molecular complexity index is 220. The molecule has 3 nitrogen and oxygen atoms in total. The highest BCUT2D eigenvalue weighted by atomic mass is 15.0. The Morgan fingerprint density at radius 2 is 2.25 bits per heavy atom. The zero-order valence-corrected chi connectivity index (χ0v) is 4.07. The quantitative estimate of drug-likeness (QED) is 0.490. The fraction of sp³-hybridized carbons (Fsp3) is 0. The molecule has 0 saturated heterocycles. The van der Waals surface area contributed by atoms with Crippen LogP contribution >= 0.6 is 0 Å². The van der Waals surface area contributed by atoms with E-state index in [9.17, 15) is 0 Å². The van der Waals surface area contributed by atoms with Gasteiger partial charge in [0.15, 0.2) is 5.82 Å². The number of hydrogen-bond donors (Lipinski definition) is 0. The van der Waals surface area contributed by atoms with Crippen molar-refractivity contribution in [2.75, 3.05) is 0 Å². The van der Waals surface area contributed by atoms with Crippen LogP contribution in [-0.2, 0) is 0 Å². The average Bonchev–Trinajstić information content (AvgIpc) is 2.12. The smallest absolute Gasteiger partial charge is 0.155 e. The van der Waals surface area contributed by atoms with Crippen molar-refractivity contribution in [3.05, 3.63) is 18.1 Å². The number of aliphatic imine (C=N–C) groups is 1. The Kier molecular flexibility index (Phi) is 0.521. The molecule has 0 aromatic carbocycles. The topological polar surface area (TPSA) is 38.1 Å². The van der Waals surface area contributed by atoms with Crippen LogP contribution in [0.2, 0.25) is 0 Å². The molecule has 1 aliphatic rings. The van der Waals surface area contributed by atoms with Crippen molar-refractivity contribution in [2.24, 2.45) is 4.99 Å². The fourth-order valence-electron chi connectivity index (χ4n) is 0.635. The summed E-state index contributed by atoms with van der Waals surface area (Å²) in [5.74, 6) is 0.759. The first-order chi connectivity index (χ1) is 3.95. The van der Waals surface area contributed by atoms with E-state index in [1.54, 1.807) is 6.21 Å². The Morgan fingerprint density at radius 1 is 1.25 bits per heavy atom. The molecule has 2 heterocycles. The van der Waals surface area contributed by atoms with E-state index in [-0.39, 0.29) is 0 Å². The standard InChI is InChI=1S/C5H3N3/c1-4-2-6-5(1)8-3-7-4/h1-3H. The maximum atomic E-state index is 3.91. The molecule has 0 aliphatic carbocycles. The van der Waals surface area contributed by atoms with Crippen LogP contribution in [0.5, 0.6) is 0 Å². The summed E-state index contributed by atoms with van der Waals surface area (Å²) in [6.45, 7) is 0. The molecule has 0 fully saturated rings. The van der Waals surface area contributed by atoms with Gasteiger partial charge in [-0.1, -0.05) is 0 Å². The first-order valence-electron chi connectivity index (χ1n) is 2.31. The molecular weight excluding hydrogens is 102 g/mol. The minimum Gasteiger partial charge on any atom is -0.235 e. The van der Waals surface area contributed by atoms with Crippen molar-refractivity contribution in [2.45, 2.75) is 0 Å². The van der Waals surface area contributed by atoms with E-state index >= 15 is 0 Å². The first kappa shape index (κ1) is 3.72. The summed E-state index contributed by atoms with van der Waals surface area (Å²) in [5.41, 5.74) is 0.898. The van der Waals surface area contributed by atoms with Gasteiger partial charge in [0.25, 0.3) is 0 Å². The molecule has 2 bridgehead atoms. The summed E-state index contributed by atoms with van der Waals surface area (Å²) < 4.78 is 0. The molecule has 8 heavy (non-hydrogen) atoms.